The van der Waals surface area contributed by atoms with E-state index in [0.717, 1.165) is 0 Å². The molecule has 2 amide bonds. The summed E-state index contributed by atoms with van der Waals surface area (Å²) in [6.45, 7) is 3.78. The Morgan fingerprint density at radius 2 is 2.14 bits per heavy atom. The van der Waals surface area contributed by atoms with E-state index in [-0.39, 0.29) is 6.03 Å². The number of aryl methyl sites for hydroxylation is 1. The number of hydrogen-bond donors (Lipinski definition) is 1. The fourth-order valence-electron chi connectivity index (χ4n) is 2.21. The number of hydrogen-bond acceptors (Lipinski definition) is 5. The predicted molar refractivity (Wildman–Crippen MR) is 76.1 cm³/mol. The van der Waals surface area contributed by atoms with Crippen molar-refractivity contribution in [3.8, 4) is 0 Å². The number of urea groups is 1. The van der Waals surface area contributed by atoms with E-state index in [1.807, 2.05) is 0 Å². The van der Waals surface area contributed by atoms with Gasteiger partial charge in [-0.2, -0.15) is 0 Å². The van der Waals surface area contributed by atoms with Gasteiger partial charge in [-0.05, 0) is 13.3 Å². The molecule has 1 aromatic rings. The Labute approximate surface area is 124 Å². The number of carbonyl (C=O) groups excluding carboxylic acids is 1. The molecule has 1 saturated heterocycles. The molecule has 8 nitrogen and oxygen atoms in total. The lowest BCUT2D eigenvalue weighted by atomic mass is 10.4. The van der Waals surface area contributed by atoms with E-state index >= 15 is 0 Å². The van der Waals surface area contributed by atoms with E-state index in [9.17, 15) is 13.2 Å². The predicted octanol–water partition coefficient (Wildman–Crippen LogP) is 0.160. The van der Waals surface area contributed by atoms with E-state index in [1.165, 1.54) is 10.6 Å². The molecule has 2 heterocycles. The minimum absolute atomic E-state index is 0.217. The highest BCUT2D eigenvalue weighted by Crippen LogP contribution is 2.07. The van der Waals surface area contributed by atoms with Crippen LogP contribution < -0.4 is 5.32 Å². The quantitative estimate of drug-likeness (QED) is 0.857. The molecule has 0 radical (unpaired) electrons. The maximum absolute atomic E-state index is 12.1. The van der Waals surface area contributed by atoms with Gasteiger partial charge < -0.3 is 14.7 Å². The van der Waals surface area contributed by atoms with Gasteiger partial charge in [0.25, 0.3) is 0 Å². The van der Waals surface area contributed by atoms with Crippen LogP contribution in [-0.4, -0.2) is 61.2 Å². The van der Waals surface area contributed by atoms with E-state index in [0.29, 0.717) is 50.6 Å². The van der Waals surface area contributed by atoms with Crippen molar-refractivity contribution in [2.75, 3.05) is 32.4 Å². The second kappa shape index (κ2) is 6.44. The van der Waals surface area contributed by atoms with Crippen molar-refractivity contribution in [2.24, 2.45) is 0 Å². The molecule has 0 atom stereocenters. The molecule has 0 saturated carbocycles. The number of rotatable bonds is 3. The summed E-state index contributed by atoms with van der Waals surface area (Å²) in [4.78, 5) is 13.7. The lowest BCUT2D eigenvalue weighted by Crippen LogP contribution is -2.42. The van der Waals surface area contributed by atoms with Crippen LogP contribution in [-0.2, 0) is 16.6 Å². The minimum atomic E-state index is -3.20. The van der Waals surface area contributed by atoms with Gasteiger partial charge >= 0.3 is 6.03 Å². The van der Waals surface area contributed by atoms with Gasteiger partial charge in [-0.3, -0.25) is 0 Å². The summed E-state index contributed by atoms with van der Waals surface area (Å²) in [6.07, 6.45) is 1.82. The van der Waals surface area contributed by atoms with Crippen LogP contribution in [0.2, 0.25) is 0 Å². The summed E-state index contributed by atoms with van der Waals surface area (Å²) in [5.74, 6) is 0.692. The Hall–Kier alpha value is -1.61. The molecule has 1 aromatic heterocycles. The zero-order valence-corrected chi connectivity index (χ0v) is 13.0. The third-order valence-corrected chi connectivity index (χ3v) is 4.61. The molecule has 0 bridgehead atoms. The van der Waals surface area contributed by atoms with Gasteiger partial charge in [0, 0.05) is 32.2 Å². The first-order chi connectivity index (χ1) is 9.86. The van der Waals surface area contributed by atoms with Crippen molar-refractivity contribution in [3.05, 3.63) is 17.5 Å². The van der Waals surface area contributed by atoms with Crippen LogP contribution in [0.3, 0.4) is 0 Å². The smallest absolute Gasteiger partial charge is 0.317 e. The molecule has 0 aliphatic carbocycles. The first kappa shape index (κ1) is 15.8. The molecule has 1 aliphatic rings. The lowest BCUT2D eigenvalue weighted by Gasteiger charge is -2.21. The fraction of sp³-hybridized carbons (Fsp3) is 0.667. The highest BCUT2D eigenvalue weighted by atomic mass is 32.2. The van der Waals surface area contributed by atoms with Crippen molar-refractivity contribution in [2.45, 2.75) is 19.9 Å². The number of sulfonamides is 1. The second-order valence-corrected chi connectivity index (χ2v) is 7.07. The molecule has 2 rings (SSSR count). The van der Waals surface area contributed by atoms with Crippen molar-refractivity contribution in [1.29, 1.82) is 0 Å². The summed E-state index contributed by atoms with van der Waals surface area (Å²) in [5.41, 5.74) is 0.661. The van der Waals surface area contributed by atoms with Crippen molar-refractivity contribution < 1.29 is 17.7 Å². The van der Waals surface area contributed by atoms with Gasteiger partial charge in [-0.25, -0.2) is 17.5 Å². The molecular formula is C12H20N4O4S. The zero-order valence-electron chi connectivity index (χ0n) is 12.2. The third kappa shape index (κ3) is 4.43. The molecule has 1 N–H and O–H groups in total. The molecule has 1 aliphatic heterocycles. The molecule has 0 spiro atoms. The summed E-state index contributed by atoms with van der Waals surface area (Å²) in [5, 5.41) is 6.56. The Kier molecular flexibility index (Phi) is 4.84. The molecule has 1 fully saturated rings. The number of aromatic nitrogens is 1. The van der Waals surface area contributed by atoms with Gasteiger partial charge in [-0.15, -0.1) is 0 Å². The molecule has 21 heavy (non-hydrogen) atoms. The molecule has 9 heteroatoms. The van der Waals surface area contributed by atoms with Gasteiger partial charge in [-0.1, -0.05) is 5.16 Å². The summed E-state index contributed by atoms with van der Waals surface area (Å²) >= 11 is 0. The van der Waals surface area contributed by atoms with Gasteiger partial charge in [0.05, 0.1) is 12.8 Å². The van der Waals surface area contributed by atoms with Crippen LogP contribution in [0.25, 0.3) is 0 Å². The first-order valence-corrected chi connectivity index (χ1v) is 8.61. The van der Waals surface area contributed by atoms with E-state index in [2.05, 4.69) is 10.5 Å². The summed E-state index contributed by atoms with van der Waals surface area (Å²) in [6, 6.07) is 1.54. The number of nitrogens with zero attached hydrogens (tertiary/aromatic N) is 3. The first-order valence-electron chi connectivity index (χ1n) is 6.76. The molecule has 0 unspecified atom stereocenters. The number of carbonyl (C=O) groups is 1. The van der Waals surface area contributed by atoms with Crippen LogP contribution >= 0.6 is 0 Å². The van der Waals surface area contributed by atoms with E-state index in [1.54, 1.807) is 17.9 Å². The van der Waals surface area contributed by atoms with Crippen molar-refractivity contribution >= 4 is 16.1 Å². The Balaban J connectivity index is 1.85. The second-order valence-electron chi connectivity index (χ2n) is 5.09. The van der Waals surface area contributed by atoms with Crippen LogP contribution in [0.15, 0.2) is 10.6 Å². The Morgan fingerprint density at radius 1 is 1.38 bits per heavy atom. The maximum Gasteiger partial charge on any atom is 0.317 e. The summed E-state index contributed by atoms with van der Waals surface area (Å²) in [7, 11) is -3.20. The largest absolute Gasteiger partial charge is 0.361 e. The Morgan fingerprint density at radius 3 is 2.76 bits per heavy atom. The number of amides is 2. The topological polar surface area (TPSA) is 95.8 Å². The summed E-state index contributed by atoms with van der Waals surface area (Å²) < 4.78 is 29.4. The zero-order chi connectivity index (χ0) is 15.5. The third-order valence-electron chi connectivity index (χ3n) is 3.31. The SMILES string of the molecule is Cc1cc(CNC(=O)N2CCCN(S(C)(=O)=O)CC2)no1. The standard InChI is InChI=1S/C12H20N4O4S/c1-10-8-11(14-20-10)9-13-12(17)15-4-3-5-16(7-6-15)21(2,18)19/h8H,3-7,9H2,1-2H3,(H,13,17). The molecular weight excluding hydrogens is 296 g/mol. The van der Waals surface area contributed by atoms with Gasteiger partial charge in [0.2, 0.25) is 10.0 Å². The normalized spacial score (nSPS) is 17.5. The van der Waals surface area contributed by atoms with Crippen LogP contribution in [0.4, 0.5) is 4.79 Å². The van der Waals surface area contributed by atoms with Crippen LogP contribution in [0, 0.1) is 6.92 Å². The van der Waals surface area contributed by atoms with Gasteiger partial charge in [0.1, 0.15) is 11.5 Å². The van der Waals surface area contributed by atoms with Gasteiger partial charge in [0.15, 0.2) is 0 Å². The van der Waals surface area contributed by atoms with Crippen molar-refractivity contribution in [1.82, 2.24) is 19.7 Å². The van der Waals surface area contributed by atoms with E-state index in [4.69, 9.17) is 4.52 Å². The van der Waals surface area contributed by atoms with E-state index < -0.39 is 10.0 Å². The molecule has 0 aromatic carbocycles. The average Bonchev–Trinajstić information content (AvgIpc) is 2.66. The Bertz CT molecular complexity index is 598. The average molecular weight is 316 g/mol. The lowest BCUT2D eigenvalue weighted by molar-refractivity contribution is 0.199. The van der Waals surface area contributed by atoms with Crippen LogP contribution in [0.1, 0.15) is 17.9 Å². The maximum atomic E-state index is 12.1. The van der Waals surface area contributed by atoms with Crippen LogP contribution in [0.5, 0.6) is 0 Å². The highest BCUT2D eigenvalue weighted by Gasteiger charge is 2.23. The van der Waals surface area contributed by atoms with Crippen molar-refractivity contribution in [3.63, 3.8) is 0 Å². The minimum Gasteiger partial charge on any atom is -0.361 e. The monoisotopic (exact) mass is 316 g/mol. The molecule has 118 valence electrons. The highest BCUT2D eigenvalue weighted by molar-refractivity contribution is 7.88. The fourth-order valence-corrected chi connectivity index (χ4v) is 3.08. The number of nitrogens with one attached hydrogen (secondary N) is 1.